The van der Waals surface area contributed by atoms with Gasteiger partial charge in [0.1, 0.15) is 0 Å². The Bertz CT molecular complexity index is 685. The van der Waals surface area contributed by atoms with E-state index >= 15 is 0 Å². The molecule has 0 saturated carbocycles. The molecular weight excluding hydrogens is 278 g/mol. The predicted molar refractivity (Wildman–Crippen MR) is 76.7 cm³/mol. The van der Waals surface area contributed by atoms with Crippen molar-refractivity contribution < 1.29 is 14.3 Å². The number of halogens is 1. The minimum Gasteiger partial charge on any atom is -0.454 e. The molecule has 0 spiro atoms. The van der Waals surface area contributed by atoms with Crippen LogP contribution in [0.15, 0.2) is 36.4 Å². The zero-order valence-corrected chi connectivity index (χ0v) is 11.5. The third-order valence-corrected chi connectivity index (χ3v) is 3.36. The smallest absolute Gasteiger partial charge is 0.255 e. The highest BCUT2D eigenvalue weighted by molar-refractivity contribution is 6.32. The van der Waals surface area contributed by atoms with Crippen molar-refractivity contribution in [2.24, 2.45) is 0 Å². The lowest BCUT2D eigenvalue weighted by atomic mass is 10.1. The highest BCUT2D eigenvalue weighted by Gasteiger charge is 2.20. The molecule has 0 saturated heterocycles. The molecule has 0 aliphatic carbocycles. The molecule has 1 aliphatic heterocycles. The quantitative estimate of drug-likeness (QED) is 0.918. The Balaban J connectivity index is 1.88. The van der Waals surface area contributed by atoms with Gasteiger partial charge in [0.2, 0.25) is 6.79 Å². The highest BCUT2D eigenvalue weighted by atomic mass is 35.5. The molecule has 2 aromatic rings. The van der Waals surface area contributed by atoms with E-state index in [1.807, 2.05) is 31.2 Å². The van der Waals surface area contributed by atoms with Gasteiger partial charge in [-0.1, -0.05) is 29.8 Å². The van der Waals surface area contributed by atoms with Crippen LogP contribution in [0.1, 0.15) is 15.9 Å². The Labute approximate surface area is 121 Å². The van der Waals surface area contributed by atoms with Crippen molar-refractivity contribution in [1.82, 2.24) is 0 Å². The van der Waals surface area contributed by atoms with Crippen molar-refractivity contribution in [2.45, 2.75) is 6.92 Å². The summed E-state index contributed by atoms with van der Waals surface area (Å²) in [6.45, 7) is 2.06. The molecule has 1 N–H and O–H groups in total. The van der Waals surface area contributed by atoms with Crippen molar-refractivity contribution in [3.8, 4) is 11.5 Å². The number of amides is 1. The van der Waals surface area contributed by atoms with E-state index in [0.29, 0.717) is 22.1 Å². The van der Waals surface area contributed by atoms with E-state index in [0.717, 1.165) is 11.3 Å². The Morgan fingerprint density at radius 1 is 1.25 bits per heavy atom. The number of aryl methyl sites for hydroxylation is 1. The second-order valence-corrected chi connectivity index (χ2v) is 4.87. The molecule has 0 bridgehead atoms. The summed E-state index contributed by atoms with van der Waals surface area (Å²) in [6.07, 6.45) is 0. The van der Waals surface area contributed by atoms with Gasteiger partial charge in [0.05, 0.1) is 5.02 Å². The molecule has 1 aliphatic rings. The predicted octanol–water partition coefficient (Wildman–Crippen LogP) is 3.63. The molecule has 102 valence electrons. The number of hydrogen-bond donors (Lipinski definition) is 1. The van der Waals surface area contributed by atoms with E-state index in [-0.39, 0.29) is 12.7 Å². The van der Waals surface area contributed by atoms with Crippen LogP contribution in [0, 0.1) is 6.92 Å². The summed E-state index contributed by atoms with van der Waals surface area (Å²) in [5.41, 5.74) is 2.20. The fourth-order valence-corrected chi connectivity index (χ4v) is 2.27. The zero-order valence-electron chi connectivity index (χ0n) is 10.8. The first-order valence-electron chi connectivity index (χ1n) is 6.11. The minimum atomic E-state index is -0.237. The van der Waals surface area contributed by atoms with Crippen molar-refractivity contribution in [3.05, 3.63) is 52.5 Å². The molecule has 5 heteroatoms. The SMILES string of the molecule is Cc1ccccc1NC(=O)c1cc(Cl)c2c(c1)OCO2. The van der Waals surface area contributed by atoms with Gasteiger partial charge in [-0.25, -0.2) is 0 Å². The summed E-state index contributed by atoms with van der Waals surface area (Å²) < 4.78 is 10.5. The van der Waals surface area contributed by atoms with Crippen molar-refractivity contribution in [2.75, 3.05) is 12.1 Å². The van der Waals surface area contributed by atoms with E-state index in [2.05, 4.69) is 5.32 Å². The summed E-state index contributed by atoms with van der Waals surface area (Å²) in [7, 11) is 0. The summed E-state index contributed by atoms with van der Waals surface area (Å²) >= 11 is 6.07. The van der Waals surface area contributed by atoms with Crippen molar-refractivity contribution in [3.63, 3.8) is 0 Å². The number of nitrogens with one attached hydrogen (secondary N) is 1. The van der Waals surface area contributed by atoms with Crippen LogP contribution in [0.3, 0.4) is 0 Å². The average Bonchev–Trinajstić information content (AvgIpc) is 2.90. The average molecular weight is 290 g/mol. The Morgan fingerprint density at radius 2 is 2.05 bits per heavy atom. The fourth-order valence-electron chi connectivity index (χ4n) is 2.01. The van der Waals surface area contributed by atoms with Gasteiger partial charge in [0, 0.05) is 11.3 Å². The Hall–Kier alpha value is -2.20. The minimum absolute atomic E-state index is 0.123. The van der Waals surface area contributed by atoms with Gasteiger partial charge in [-0.3, -0.25) is 4.79 Å². The van der Waals surface area contributed by atoms with E-state index < -0.39 is 0 Å². The summed E-state index contributed by atoms with van der Waals surface area (Å²) in [5.74, 6) is 0.742. The lowest BCUT2D eigenvalue weighted by Gasteiger charge is -2.09. The maximum Gasteiger partial charge on any atom is 0.255 e. The standard InChI is InChI=1S/C15H12ClNO3/c1-9-4-2-3-5-12(9)17-15(18)10-6-11(16)14-13(7-10)19-8-20-14/h2-7H,8H2,1H3,(H,17,18). The molecule has 1 heterocycles. The van der Waals surface area contributed by atoms with Gasteiger partial charge in [0.15, 0.2) is 11.5 Å². The van der Waals surface area contributed by atoms with Crippen LogP contribution in [0.4, 0.5) is 5.69 Å². The first kappa shape index (κ1) is 12.8. The molecule has 0 atom stereocenters. The summed E-state index contributed by atoms with van der Waals surface area (Å²) in [6, 6.07) is 10.8. The molecule has 0 aromatic heterocycles. The van der Waals surface area contributed by atoms with Gasteiger partial charge in [-0.05, 0) is 30.7 Å². The highest BCUT2D eigenvalue weighted by Crippen LogP contribution is 2.39. The number of hydrogen-bond acceptors (Lipinski definition) is 3. The maximum atomic E-state index is 12.3. The van der Waals surface area contributed by atoms with Crippen LogP contribution >= 0.6 is 11.6 Å². The molecule has 4 nitrogen and oxygen atoms in total. The van der Waals surface area contributed by atoms with Crippen molar-refractivity contribution in [1.29, 1.82) is 0 Å². The van der Waals surface area contributed by atoms with Crippen LogP contribution < -0.4 is 14.8 Å². The van der Waals surface area contributed by atoms with Crippen LogP contribution in [0.2, 0.25) is 5.02 Å². The van der Waals surface area contributed by atoms with Gasteiger partial charge >= 0.3 is 0 Å². The van der Waals surface area contributed by atoms with E-state index in [4.69, 9.17) is 21.1 Å². The van der Waals surface area contributed by atoms with Crippen LogP contribution in [0.25, 0.3) is 0 Å². The van der Waals surface area contributed by atoms with Gasteiger partial charge in [0.25, 0.3) is 5.91 Å². The molecule has 0 radical (unpaired) electrons. The maximum absolute atomic E-state index is 12.3. The molecule has 20 heavy (non-hydrogen) atoms. The molecule has 3 rings (SSSR count). The molecule has 1 amide bonds. The number of anilines is 1. The van der Waals surface area contributed by atoms with Gasteiger partial charge in [-0.2, -0.15) is 0 Å². The number of para-hydroxylation sites is 1. The Kier molecular flexibility index (Phi) is 3.24. The Morgan fingerprint density at radius 3 is 2.85 bits per heavy atom. The lowest BCUT2D eigenvalue weighted by molar-refractivity contribution is 0.102. The topological polar surface area (TPSA) is 47.6 Å². The first-order valence-corrected chi connectivity index (χ1v) is 6.49. The molecule has 2 aromatic carbocycles. The number of benzene rings is 2. The van der Waals surface area contributed by atoms with E-state index in [1.54, 1.807) is 12.1 Å². The largest absolute Gasteiger partial charge is 0.454 e. The summed E-state index contributed by atoms with van der Waals surface area (Å²) in [4.78, 5) is 12.3. The number of rotatable bonds is 2. The van der Waals surface area contributed by atoms with Crippen molar-refractivity contribution >= 4 is 23.2 Å². The second-order valence-electron chi connectivity index (χ2n) is 4.46. The van der Waals surface area contributed by atoms with Crippen LogP contribution in [-0.2, 0) is 0 Å². The number of carbonyl (C=O) groups is 1. The number of ether oxygens (including phenoxy) is 2. The van der Waals surface area contributed by atoms with E-state index in [1.165, 1.54) is 0 Å². The zero-order chi connectivity index (χ0) is 14.1. The number of fused-ring (bicyclic) bond motifs is 1. The molecule has 0 unspecified atom stereocenters. The van der Waals surface area contributed by atoms with Gasteiger partial charge < -0.3 is 14.8 Å². The molecule has 0 fully saturated rings. The fraction of sp³-hybridized carbons (Fsp3) is 0.133. The van der Waals surface area contributed by atoms with E-state index in [9.17, 15) is 4.79 Å². The third kappa shape index (κ3) is 2.30. The first-order chi connectivity index (χ1) is 9.65. The lowest BCUT2D eigenvalue weighted by Crippen LogP contribution is -2.12. The second kappa shape index (κ2) is 5.06. The monoisotopic (exact) mass is 289 g/mol. The summed E-state index contributed by atoms with van der Waals surface area (Å²) in [5, 5.41) is 3.22. The van der Waals surface area contributed by atoms with Crippen LogP contribution in [0.5, 0.6) is 11.5 Å². The third-order valence-electron chi connectivity index (χ3n) is 3.08. The van der Waals surface area contributed by atoms with Gasteiger partial charge in [-0.15, -0.1) is 0 Å². The normalized spacial score (nSPS) is 12.3. The molecular formula is C15H12ClNO3. The number of carbonyl (C=O) groups excluding carboxylic acids is 1. The van der Waals surface area contributed by atoms with Crippen LogP contribution in [-0.4, -0.2) is 12.7 Å².